The van der Waals surface area contributed by atoms with Crippen LogP contribution in [0.1, 0.15) is 24.0 Å². The van der Waals surface area contributed by atoms with Gasteiger partial charge in [0.1, 0.15) is 0 Å². The highest BCUT2D eigenvalue weighted by molar-refractivity contribution is 7.89. The van der Waals surface area contributed by atoms with Gasteiger partial charge in [-0.25, -0.2) is 8.42 Å². The molecule has 0 bridgehead atoms. The van der Waals surface area contributed by atoms with Gasteiger partial charge in [-0.1, -0.05) is 6.07 Å². The van der Waals surface area contributed by atoms with E-state index in [1.807, 2.05) is 13.8 Å². The molecule has 1 aromatic carbocycles. The van der Waals surface area contributed by atoms with Gasteiger partial charge < -0.3 is 10.6 Å². The third kappa shape index (κ3) is 5.22. The molecule has 0 saturated carbocycles. The number of aromatic nitrogens is 1. The topological polar surface area (TPSA) is 108 Å². The molecule has 160 valence electrons. The van der Waals surface area contributed by atoms with E-state index in [1.54, 1.807) is 36.5 Å². The summed E-state index contributed by atoms with van der Waals surface area (Å²) in [6.45, 7) is 4.22. The summed E-state index contributed by atoms with van der Waals surface area (Å²) in [4.78, 5) is 28.5. The zero-order valence-corrected chi connectivity index (χ0v) is 17.9. The van der Waals surface area contributed by atoms with E-state index >= 15 is 0 Å². The van der Waals surface area contributed by atoms with Crippen LogP contribution < -0.4 is 10.6 Å². The molecule has 1 aromatic heterocycles. The Hall–Kier alpha value is -2.78. The van der Waals surface area contributed by atoms with Crippen molar-refractivity contribution >= 4 is 27.5 Å². The molecular weight excluding hydrogens is 404 g/mol. The van der Waals surface area contributed by atoms with Crippen molar-refractivity contribution in [2.24, 2.45) is 5.92 Å². The van der Waals surface area contributed by atoms with Crippen molar-refractivity contribution in [1.82, 2.24) is 14.6 Å². The number of benzene rings is 1. The summed E-state index contributed by atoms with van der Waals surface area (Å²) < 4.78 is 27.2. The summed E-state index contributed by atoms with van der Waals surface area (Å²) in [6.07, 6.45) is 3.95. The predicted molar refractivity (Wildman–Crippen MR) is 113 cm³/mol. The molecule has 0 unspecified atom stereocenters. The van der Waals surface area contributed by atoms with Crippen molar-refractivity contribution in [1.29, 1.82) is 0 Å². The van der Waals surface area contributed by atoms with Gasteiger partial charge in [-0.2, -0.15) is 4.31 Å². The Bertz CT molecular complexity index is 1020. The van der Waals surface area contributed by atoms with E-state index in [1.165, 1.54) is 10.5 Å². The Morgan fingerprint density at radius 2 is 1.87 bits per heavy atom. The number of anilines is 1. The SMILES string of the molecule is Cc1ccc(S(=O)(=O)N2CCC(C(=O)NCC(=O)Nc3cccnc3)CC2)cc1C. The zero-order chi connectivity index (χ0) is 21.7. The third-order valence-electron chi connectivity index (χ3n) is 5.31. The third-order valence-corrected chi connectivity index (χ3v) is 7.20. The maximum Gasteiger partial charge on any atom is 0.243 e. The van der Waals surface area contributed by atoms with Crippen LogP contribution in [0.3, 0.4) is 0 Å². The molecular formula is C21H26N4O4S. The summed E-state index contributed by atoms with van der Waals surface area (Å²) in [5.74, 6) is -0.895. The molecule has 30 heavy (non-hydrogen) atoms. The number of hydrogen-bond donors (Lipinski definition) is 2. The van der Waals surface area contributed by atoms with Crippen LogP contribution in [-0.4, -0.2) is 49.2 Å². The standard InChI is InChI=1S/C21H26N4O4S/c1-15-5-6-19(12-16(15)2)30(28,29)25-10-7-17(8-11-25)21(27)23-14-20(26)24-18-4-3-9-22-13-18/h3-6,9,12-13,17H,7-8,10-11,14H2,1-2H3,(H,23,27)(H,24,26). The first-order chi connectivity index (χ1) is 14.3. The second-order valence-electron chi connectivity index (χ2n) is 7.43. The second kappa shape index (κ2) is 9.36. The molecule has 1 fully saturated rings. The number of rotatable bonds is 6. The van der Waals surface area contributed by atoms with Gasteiger partial charge in [-0.05, 0) is 62.1 Å². The lowest BCUT2D eigenvalue weighted by Gasteiger charge is -2.30. The first-order valence-electron chi connectivity index (χ1n) is 9.82. The molecule has 2 N–H and O–H groups in total. The molecule has 0 atom stereocenters. The fourth-order valence-electron chi connectivity index (χ4n) is 3.34. The van der Waals surface area contributed by atoms with Gasteiger partial charge in [-0.3, -0.25) is 14.6 Å². The van der Waals surface area contributed by atoms with Gasteiger partial charge in [0.15, 0.2) is 0 Å². The van der Waals surface area contributed by atoms with Gasteiger partial charge in [-0.15, -0.1) is 0 Å². The van der Waals surface area contributed by atoms with Crippen LogP contribution in [0.15, 0.2) is 47.6 Å². The molecule has 9 heteroatoms. The second-order valence-corrected chi connectivity index (χ2v) is 9.37. The Labute approximate surface area is 176 Å². The maximum absolute atomic E-state index is 12.9. The van der Waals surface area contributed by atoms with Gasteiger partial charge in [0, 0.05) is 25.2 Å². The molecule has 8 nitrogen and oxygen atoms in total. The number of carbonyl (C=O) groups is 2. The van der Waals surface area contributed by atoms with E-state index in [0.29, 0.717) is 18.5 Å². The predicted octanol–water partition coefficient (Wildman–Crippen LogP) is 1.85. The number of amides is 2. The Morgan fingerprint density at radius 3 is 2.50 bits per heavy atom. The minimum absolute atomic E-state index is 0.144. The molecule has 0 spiro atoms. The summed E-state index contributed by atoms with van der Waals surface area (Å²) in [6, 6.07) is 8.52. The summed E-state index contributed by atoms with van der Waals surface area (Å²) in [5.41, 5.74) is 2.52. The first kappa shape index (κ1) is 21.9. The molecule has 1 aliphatic rings. The number of carbonyl (C=O) groups excluding carboxylic acids is 2. The summed E-state index contributed by atoms with van der Waals surface area (Å²) in [5, 5.41) is 5.28. The molecule has 0 radical (unpaired) electrons. The van der Waals surface area contributed by atoms with Crippen LogP contribution >= 0.6 is 0 Å². The molecule has 1 aliphatic heterocycles. The first-order valence-corrected chi connectivity index (χ1v) is 11.3. The Balaban J connectivity index is 1.50. The molecule has 3 rings (SSSR count). The highest BCUT2D eigenvalue weighted by Crippen LogP contribution is 2.25. The molecule has 2 heterocycles. The Kier molecular flexibility index (Phi) is 6.84. The number of hydrogen-bond acceptors (Lipinski definition) is 5. The van der Waals surface area contributed by atoms with Crippen molar-refractivity contribution in [2.75, 3.05) is 25.0 Å². The van der Waals surface area contributed by atoms with Gasteiger partial charge in [0.2, 0.25) is 21.8 Å². The number of piperidine rings is 1. The van der Waals surface area contributed by atoms with Crippen LogP contribution in [0.5, 0.6) is 0 Å². The van der Waals surface area contributed by atoms with E-state index in [0.717, 1.165) is 11.1 Å². The van der Waals surface area contributed by atoms with E-state index in [9.17, 15) is 18.0 Å². The highest BCUT2D eigenvalue weighted by Gasteiger charge is 2.32. The average Bonchev–Trinajstić information content (AvgIpc) is 2.74. The van der Waals surface area contributed by atoms with Crippen LogP contribution in [0.2, 0.25) is 0 Å². The number of aryl methyl sites for hydroxylation is 2. The average molecular weight is 431 g/mol. The molecule has 0 aliphatic carbocycles. The van der Waals surface area contributed by atoms with Crippen LogP contribution in [0.4, 0.5) is 5.69 Å². The molecule has 1 saturated heterocycles. The van der Waals surface area contributed by atoms with E-state index < -0.39 is 10.0 Å². The monoisotopic (exact) mass is 430 g/mol. The minimum Gasteiger partial charge on any atom is -0.347 e. The number of nitrogens with one attached hydrogen (secondary N) is 2. The van der Waals surface area contributed by atoms with Crippen molar-refractivity contribution < 1.29 is 18.0 Å². The lowest BCUT2D eigenvalue weighted by atomic mass is 9.97. The largest absolute Gasteiger partial charge is 0.347 e. The fourth-order valence-corrected chi connectivity index (χ4v) is 4.89. The number of pyridine rings is 1. The smallest absolute Gasteiger partial charge is 0.243 e. The lowest BCUT2D eigenvalue weighted by molar-refractivity contribution is -0.128. The van der Waals surface area contributed by atoms with Gasteiger partial charge in [0.05, 0.1) is 23.3 Å². The van der Waals surface area contributed by atoms with E-state index in [4.69, 9.17) is 0 Å². The highest BCUT2D eigenvalue weighted by atomic mass is 32.2. The zero-order valence-electron chi connectivity index (χ0n) is 17.1. The lowest BCUT2D eigenvalue weighted by Crippen LogP contribution is -2.44. The van der Waals surface area contributed by atoms with Crippen molar-refractivity contribution in [2.45, 2.75) is 31.6 Å². The number of sulfonamides is 1. The van der Waals surface area contributed by atoms with Crippen molar-refractivity contribution in [3.8, 4) is 0 Å². The van der Waals surface area contributed by atoms with E-state index in [-0.39, 0.29) is 42.3 Å². The van der Waals surface area contributed by atoms with Gasteiger partial charge in [0.25, 0.3) is 0 Å². The van der Waals surface area contributed by atoms with Gasteiger partial charge >= 0.3 is 0 Å². The normalized spacial score (nSPS) is 15.5. The fraction of sp³-hybridized carbons (Fsp3) is 0.381. The maximum atomic E-state index is 12.9. The number of nitrogens with zero attached hydrogens (tertiary/aromatic N) is 2. The van der Waals surface area contributed by atoms with Crippen molar-refractivity contribution in [3.05, 3.63) is 53.9 Å². The van der Waals surface area contributed by atoms with Crippen LogP contribution in [0, 0.1) is 19.8 Å². The Morgan fingerprint density at radius 1 is 1.13 bits per heavy atom. The van der Waals surface area contributed by atoms with E-state index in [2.05, 4.69) is 15.6 Å². The van der Waals surface area contributed by atoms with Crippen LogP contribution in [0.25, 0.3) is 0 Å². The minimum atomic E-state index is -3.58. The summed E-state index contributed by atoms with van der Waals surface area (Å²) >= 11 is 0. The quantitative estimate of drug-likeness (QED) is 0.727. The molecule has 2 aromatic rings. The van der Waals surface area contributed by atoms with Crippen LogP contribution in [-0.2, 0) is 19.6 Å². The molecule has 2 amide bonds. The summed E-state index contributed by atoms with van der Waals surface area (Å²) in [7, 11) is -3.58. The van der Waals surface area contributed by atoms with Crippen molar-refractivity contribution in [3.63, 3.8) is 0 Å².